The maximum absolute atomic E-state index is 11.1. The molecule has 0 bridgehead atoms. The first kappa shape index (κ1) is 20.6. The minimum atomic E-state index is -0.763. The molecule has 4 fully saturated rings. The van der Waals surface area contributed by atoms with Crippen LogP contribution in [-0.4, -0.2) is 44.7 Å². The predicted molar refractivity (Wildman–Crippen MR) is 105 cm³/mol. The Morgan fingerprint density at radius 2 is 1.79 bits per heavy atom. The fraction of sp³-hybridized carbons (Fsp3) is 0.957. The van der Waals surface area contributed by atoms with Crippen LogP contribution in [0.3, 0.4) is 0 Å². The molecule has 4 N–H and O–H groups in total. The fourth-order valence-corrected chi connectivity index (χ4v) is 8.26. The maximum atomic E-state index is 11.1. The van der Waals surface area contributed by atoms with Gasteiger partial charge in [0.2, 0.25) is 0 Å². The largest absolute Gasteiger partial charge is 0.481 e. The van der Waals surface area contributed by atoms with Crippen molar-refractivity contribution >= 4 is 5.97 Å². The number of hydrogen-bond acceptors (Lipinski definition) is 4. The summed E-state index contributed by atoms with van der Waals surface area (Å²) < 4.78 is 0. The molecule has 5 nitrogen and oxygen atoms in total. The molecule has 0 aliphatic heterocycles. The van der Waals surface area contributed by atoms with E-state index < -0.39 is 5.97 Å². The molecule has 11 atom stereocenters. The lowest BCUT2D eigenvalue weighted by Crippen LogP contribution is -2.56. The predicted octanol–water partition coefficient (Wildman–Crippen LogP) is 3.06. The van der Waals surface area contributed by atoms with Crippen molar-refractivity contribution in [3.63, 3.8) is 0 Å². The zero-order chi connectivity index (χ0) is 20.2. The Morgan fingerprint density at radius 1 is 1.04 bits per heavy atom. The van der Waals surface area contributed by atoms with Gasteiger partial charge in [-0.25, -0.2) is 0 Å². The van der Waals surface area contributed by atoms with Crippen LogP contribution in [0.15, 0.2) is 0 Å². The Balaban J connectivity index is 1.54. The van der Waals surface area contributed by atoms with E-state index in [2.05, 4.69) is 13.8 Å². The topological polar surface area (TPSA) is 98.0 Å². The highest BCUT2D eigenvalue weighted by Crippen LogP contribution is 2.64. The third-order valence-electron chi connectivity index (χ3n) is 9.57. The summed E-state index contributed by atoms with van der Waals surface area (Å²) in [5.74, 6) is 1.50. The van der Waals surface area contributed by atoms with Crippen LogP contribution in [0, 0.1) is 46.8 Å². The number of carboxylic acid groups (broad SMARTS) is 1. The maximum Gasteiger partial charge on any atom is 0.303 e. The van der Waals surface area contributed by atoms with Crippen molar-refractivity contribution in [2.24, 2.45) is 46.8 Å². The zero-order valence-corrected chi connectivity index (χ0v) is 17.3. The van der Waals surface area contributed by atoms with Crippen LogP contribution in [0.25, 0.3) is 0 Å². The molecule has 0 aromatic rings. The number of rotatable bonds is 4. The highest BCUT2D eigenvalue weighted by molar-refractivity contribution is 5.66. The van der Waals surface area contributed by atoms with E-state index in [0.717, 1.165) is 44.9 Å². The van der Waals surface area contributed by atoms with Gasteiger partial charge in [0.05, 0.1) is 18.3 Å². The second kappa shape index (κ2) is 7.55. The van der Waals surface area contributed by atoms with Crippen molar-refractivity contribution in [2.75, 3.05) is 0 Å². The fourth-order valence-electron chi connectivity index (χ4n) is 8.26. The Hall–Kier alpha value is -0.650. The van der Waals surface area contributed by atoms with Gasteiger partial charge in [-0.3, -0.25) is 4.79 Å². The van der Waals surface area contributed by atoms with Gasteiger partial charge in [-0.15, -0.1) is 0 Å². The quantitative estimate of drug-likeness (QED) is 0.587. The van der Waals surface area contributed by atoms with Crippen molar-refractivity contribution in [1.82, 2.24) is 0 Å². The van der Waals surface area contributed by atoms with Gasteiger partial charge in [-0.1, -0.05) is 13.8 Å². The Labute approximate surface area is 168 Å². The number of carboxylic acids is 1. The third-order valence-corrected chi connectivity index (χ3v) is 9.57. The average molecular weight is 395 g/mol. The molecular weight excluding hydrogens is 356 g/mol. The van der Waals surface area contributed by atoms with Gasteiger partial charge in [-0.2, -0.15) is 0 Å². The number of aliphatic hydroxyl groups is 3. The Bertz CT molecular complexity index is 594. The van der Waals surface area contributed by atoms with Gasteiger partial charge in [-0.05, 0) is 98.2 Å². The molecule has 0 spiro atoms. The van der Waals surface area contributed by atoms with E-state index in [1.54, 1.807) is 0 Å². The summed E-state index contributed by atoms with van der Waals surface area (Å²) in [7, 11) is 0. The van der Waals surface area contributed by atoms with E-state index in [9.17, 15) is 20.1 Å². The van der Waals surface area contributed by atoms with Crippen LogP contribution in [0.1, 0.15) is 71.6 Å². The zero-order valence-electron chi connectivity index (χ0n) is 17.3. The number of carbonyl (C=O) groups is 1. The molecule has 4 unspecified atom stereocenters. The summed E-state index contributed by atoms with van der Waals surface area (Å²) in [6.07, 6.45) is 6.33. The summed E-state index contributed by atoms with van der Waals surface area (Å²) in [6, 6.07) is 0. The summed E-state index contributed by atoms with van der Waals surface area (Å²) in [5, 5.41) is 41.2. The SMILES string of the molecule is C[C@H](CCC(=O)O)[C@@H]1C2CCC3C(C2C[C@H]1O)[C@H](O)C[C@@H]1C[C@H](O)CC[C@]31C. The normalized spacial score (nSPS) is 51.7. The standard InChI is InChI=1S/C23H38O5/c1-12(3-6-20(27)28)21-15-4-5-17-22(16(15)11-19(21)26)18(25)10-13-9-14(24)7-8-23(13,17)2/h12-19,21-22,24-26H,3-11H2,1-2H3,(H,27,28)/t12-,13+,14-,15?,16?,17?,18-,19-,21-,22?,23+/m1/s1. The first-order chi connectivity index (χ1) is 13.2. The monoisotopic (exact) mass is 394 g/mol. The molecule has 0 heterocycles. The molecule has 28 heavy (non-hydrogen) atoms. The summed E-state index contributed by atoms with van der Waals surface area (Å²) in [5.41, 5.74) is 0.200. The van der Waals surface area contributed by atoms with E-state index in [1.165, 1.54) is 0 Å². The van der Waals surface area contributed by atoms with Gasteiger partial charge in [0, 0.05) is 6.42 Å². The molecule has 0 aromatic carbocycles. The highest BCUT2D eigenvalue weighted by Gasteiger charge is 2.60. The first-order valence-electron chi connectivity index (χ1n) is 11.5. The number of hydrogen-bond donors (Lipinski definition) is 4. The van der Waals surface area contributed by atoms with Crippen molar-refractivity contribution < 1.29 is 25.2 Å². The smallest absolute Gasteiger partial charge is 0.303 e. The molecule has 4 saturated carbocycles. The molecule has 0 amide bonds. The van der Waals surface area contributed by atoms with E-state index >= 15 is 0 Å². The Morgan fingerprint density at radius 3 is 2.50 bits per heavy atom. The first-order valence-corrected chi connectivity index (χ1v) is 11.5. The van der Waals surface area contributed by atoms with Crippen LogP contribution >= 0.6 is 0 Å². The summed E-state index contributed by atoms with van der Waals surface area (Å²) >= 11 is 0. The molecule has 0 radical (unpaired) electrons. The number of aliphatic carboxylic acids is 1. The van der Waals surface area contributed by atoms with Gasteiger partial charge >= 0.3 is 5.97 Å². The molecule has 160 valence electrons. The van der Waals surface area contributed by atoms with Crippen LogP contribution < -0.4 is 0 Å². The lowest BCUT2D eigenvalue weighted by molar-refractivity contribution is -0.158. The molecule has 5 heteroatoms. The number of fused-ring (bicyclic) bond motifs is 5. The molecule has 4 rings (SSSR count). The van der Waals surface area contributed by atoms with Crippen LogP contribution in [0.5, 0.6) is 0 Å². The number of aliphatic hydroxyl groups excluding tert-OH is 3. The molecule has 4 aliphatic rings. The van der Waals surface area contributed by atoms with Gasteiger partial charge in [0.15, 0.2) is 0 Å². The lowest BCUT2D eigenvalue weighted by Gasteiger charge is -2.60. The van der Waals surface area contributed by atoms with Crippen molar-refractivity contribution in [3.8, 4) is 0 Å². The van der Waals surface area contributed by atoms with Gasteiger partial charge < -0.3 is 20.4 Å². The van der Waals surface area contributed by atoms with Crippen LogP contribution in [-0.2, 0) is 4.79 Å². The third kappa shape index (κ3) is 3.31. The highest BCUT2D eigenvalue weighted by atomic mass is 16.4. The summed E-state index contributed by atoms with van der Waals surface area (Å²) in [6.45, 7) is 4.49. The van der Waals surface area contributed by atoms with Gasteiger partial charge in [0.1, 0.15) is 0 Å². The Kier molecular flexibility index (Phi) is 5.56. The second-order valence-electron chi connectivity index (χ2n) is 10.8. The van der Waals surface area contributed by atoms with E-state index in [0.29, 0.717) is 30.1 Å². The van der Waals surface area contributed by atoms with Crippen molar-refractivity contribution in [1.29, 1.82) is 0 Å². The van der Waals surface area contributed by atoms with Crippen molar-refractivity contribution in [2.45, 2.75) is 89.9 Å². The van der Waals surface area contributed by atoms with Gasteiger partial charge in [0.25, 0.3) is 0 Å². The molecule has 0 saturated heterocycles. The average Bonchev–Trinajstić information content (AvgIpc) is 2.97. The van der Waals surface area contributed by atoms with Crippen molar-refractivity contribution in [3.05, 3.63) is 0 Å². The van der Waals surface area contributed by atoms with E-state index in [1.807, 2.05) is 0 Å². The van der Waals surface area contributed by atoms with E-state index in [4.69, 9.17) is 5.11 Å². The second-order valence-corrected chi connectivity index (χ2v) is 10.8. The van der Waals surface area contributed by atoms with Crippen LogP contribution in [0.4, 0.5) is 0 Å². The van der Waals surface area contributed by atoms with E-state index in [-0.39, 0.29) is 47.9 Å². The molecule has 4 aliphatic carbocycles. The molecular formula is C23H38O5. The molecule has 0 aromatic heterocycles. The lowest BCUT2D eigenvalue weighted by atomic mass is 9.46. The van der Waals surface area contributed by atoms with Crippen LogP contribution in [0.2, 0.25) is 0 Å². The minimum Gasteiger partial charge on any atom is -0.481 e. The summed E-state index contributed by atoms with van der Waals surface area (Å²) in [4.78, 5) is 11.0. The minimum absolute atomic E-state index is 0.163.